The molecule has 1 saturated carbocycles. The van der Waals surface area contributed by atoms with E-state index in [-0.39, 0.29) is 5.78 Å². The first-order chi connectivity index (χ1) is 6.09. The molecule has 0 spiro atoms. The van der Waals surface area contributed by atoms with Gasteiger partial charge in [0.2, 0.25) is 0 Å². The minimum Gasteiger partial charge on any atom is -0.319 e. The van der Waals surface area contributed by atoms with Crippen molar-refractivity contribution in [2.24, 2.45) is 11.7 Å². The quantitative estimate of drug-likeness (QED) is 0.664. The van der Waals surface area contributed by atoms with Crippen LogP contribution in [0.5, 0.6) is 0 Å². The van der Waals surface area contributed by atoms with Crippen LogP contribution in [0.25, 0.3) is 0 Å². The molecule has 0 aromatic heterocycles. The van der Waals surface area contributed by atoms with Gasteiger partial charge in [0, 0.05) is 12.8 Å². The number of carbonyl (C=O) groups excluding carboxylic acids is 1. The fourth-order valence-electron chi connectivity index (χ4n) is 1.48. The smallest absolute Gasteiger partial charge is 0.153 e. The maximum Gasteiger partial charge on any atom is 0.153 e. The zero-order valence-electron chi connectivity index (χ0n) is 8.39. The fourth-order valence-corrected chi connectivity index (χ4v) is 1.48. The molecule has 72 valence electrons. The van der Waals surface area contributed by atoms with Gasteiger partial charge in [0.25, 0.3) is 0 Å². The van der Waals surface area contributed by atoms with Gasteiger partial charge in [0.05, 0.1) is 5.54 Å². The van der Waals surface area contributed by atoms with Crippen molar-refractivity contribution in [2.75, 3.05) is 0 Å². The summed E-state index contributed by atoms with van der Waals surface area (Å²) in [6.45, 7) is 3.64. The summed E-state index contributed by atoms with van der Waals surface area (Å²) in [5.41, 5.74) is 5.36. The fraction of sp³-hybridized carbons (Fsp3) is 0.727. The van der Waals surface area contributed by atoms with E-state index in [0.717, 1.165) is 12.8 Å². The summed E-state index contributed by atoms with van der Waals surface area (Å²) in [5.74, 6) is 6.25. The molecular formula is C11H17NO. The largest absolute Gasteiger partial charge is 0.319 e. The number of hydrogen-bond acceptors (Lipinski definition) is 2. The zero-order valence-corrected chi connectivity index (χ0v) is 8.39. The summed E-state index contributed by atoms with van der Waals surface area (Å²) in [6.07, 6.45) is 3.37. The standard InChI is InChI=1S/C11H17NO/c1-3-4-5-6-10(13)11(2,12)9-7-8-9/h9H,5-8,12H2,1-2H3. The summed E-state index contributed by atoms with van der Waals surface area (Å²) in [7, 11) is 0. The van der Waals surface area contributed by atoms with E-state index >= 15 is 0 Å². The van der Waals surface area contributed by atoms with Gasteiger partial charge in [0.1, 0.15) is 0 Å². The molecule has 0 aliphatic heterocycles. The Morgan fingerprint density at radius 3 is 2.69 bits per heavy atom. The second-order valence-corrected chi connectivity index (χ2v) is 3.91. The van der Waals surface area contributed by atoms with Crippen LogP contribution in [0, 0.1) is 17.8 Å². The first-order valence-electron chi connectivity index (χ1n) is 4.81. The molecule has 0 aromatic carbocycles. The molecule has 1 atom stereocenters. The topological polar surface area (TPSA) is 43.1 Å². The van der Waals surface area contributed by atoms with Crippen molar-refractivity contribution in [3.8, 4) is 11.8 Å². The van der Waals surface area contributed by atoms with Crippen molar-refractivity contribution < 1.29 is 4.79 Å². The highest BCUT2D eigenvalue weighted by molar-refractivity contribution is 5.88. The average molecular weight is 179 g/mol. The van der Waals surface area contributed by atoms with E-state index in [1.165, 1.54) is 0 Å². The van der Waals surface area contributed by atoms with E-state index in [2.05, 4.69) is 11.8 Å². The summed E-state index contributed by atoms with van der Waals surface area (Å²) in [5, 5.41) is 0. The van der Waals surface area contributed by atoms with Crippen molar-refractivity contribution >= 4 is 5.78 Å². The molecular weight excluding hydrogens is 162 g/mol. The van der Waals surface area contributed by atoms with Gasteiger partial charge < -0.3 is 5.73 Å². The zero-order chi connectivity index (χ0) is 9.90. The Hall–Kier alpha value is -0.810. The molecule has 2 nitrogen and oxygen atoms in total. The second kappa shape index (κ2) is 3.93. The Balaban J connectivity index is 2.39. The summed E-state index contributed by atoms with van der Waals surface area (Å²) < 4.78 is 0. The lowest BCUT2D eigenvalue weighted by Crippen LogP contribution is -2.46. The van der Waals surface area contributed by atoms with E-state index in [4.69, 9.17) is 5.73 Å². The first kappa shape index (κ1) is 10.3. The van der Waals surface area contributed by atoms with Crippen molar-refractivity contribution in [2.45, 2.75) is 45.1 Å². The Kier molecular flexibility index (Phi) is 3.11. The van der Waals surface area contributed by atoms with Gasteiger partial charge in [-0.1, -0.05) is 0 Å². The molecule has 13 heavy (non-hydrogen) atoms. The van der Waals surface area contributed by atoms with Gasteiger partial charge in [-0.25, -0.2) is 0 Å². The molecule has 1 unspecified atom stereocenters. The monoisotopic (exact) mass is 179 g/mol. The molecule has 2 N–H and O–H groups in total. The van der Waals surface area contributed by atoms with E-state index in [1.54, 1.807) is 6.92 Å². The van der Waals surface area contributed by atoms with Crippen molar-refractivity contribution in [3.63, 3.8) is 0 Å². The van der Waals surface area contributed by atoms with Crippen LogP contribution < -0.4 is 5.73 Å². The summed E-state index contributed by atoms with van der Waals surface area (Å²) >= 11 is 0. The number of hydrogen-bond donors (Lipinski definition) is 1. The Labute approximate surface area is 79.9 Å². The highest BCUT2D eigenvalue weighted by atomic mass is 16.1. The maximum atomic E-state index is 11.6. The lowest BCUT2D eigenvalue weighted by atomic mass is 9.89. The third-order valence-corrected chi connectivity index (χ3v) is 2.68. The van der Waals surface area contributed by atoms with Gasteiger partial charge in [-0.3, -0.25) is 4.79 Å². The van der Waals surface area contributed by atoms with E-state index in [1.807, 2.05) is 6.92 Å². The lowest BCUT2D eigenvalue weighted by Gasteiger charge is -2.21. The van der Waals surface area contributed by atoms with Crippen molar-refractivity contribution in [1.29, 1.82) is 0 Å². The Morgan fingerprint density at radius 1 is 1.62 bits per heavy atom. The molecule has 1 aliphatic carbocycles. The van der Waals surface area contributed by atoms with Crippen LogP contribution >= 0.6 is 0 Å². The number of ketones is 1. The average Bonchev–Trinajstić information content (AvgIpc) is 2.86. The van der Waals surface area contributed by atoms with Gasteiger partial charge in [0.15, 0.2) is 5.78 Å². The third kappa shape index (κ3) is 2.57. The Bertz CT molecular complexity index is 253. The van der Waals surface area contributed by atoms with Crippen LogP contribution in [-0.4, -0.2) is 11.3 Å². The van der Waals surface area contributed by atoms with E-state index in [9.17, 15) is 4.79 Å². The minimum absolute atomic E-state index is 0.165. The van der Waals surface area contributed by atoms with E-state index in [0.29, 0.717) is 18.8 Å². The van der Waals surface area contributed by atoms with Gasteiger partial charge >= 0.3 is 0 Å². The van der Waals surface area contributed by atoms with E-state index < -0.39 is 5.54 Å². The molecule has 0 aromatic rings. The third-order valence-electron chi connectivity index (χ3n) is 2.68. The molecule has 0 heterocycles. The number of Topliss-reactive ketones (excluding diaryl/α,β-unsaturated/α-hetero) is 1. The predicted molar refractivity (Wildman–Crippen MR) is 53.0 cm³/mol. The predicted octanol–water partition coefficient (Wildman–Crippen LogP) is 1.49. The van der Waals surface area contributed by atoms with Crippen LogP contribution in [0.15, 0.2) is 0 Å². The molecule has 0 saturated heterocycles. The molecule has 2 heteroatoms. The SMILES string of the molecule is CC#CCCC(=O)C(C)(N)C1CC1. The molecule has 0 amide bonds. The lowest BCUT2D eigenvalue weighted by molar-refractivity contribution is -0.124. The molecule has 1 rings (SSSR count). The first-order valence-corrected chi connectivity index (χ1v) is 4.81. The Morgan fingerprint density at radius 2 is 2.23 bits per heavy atom. The number of nitrogens with two attached hydrogens (primary N) is 1. The second-order valence-electron chi connectivity index (χ2n) is 3.91. The van der Waals surface area contributed by atoms with Crippen LogP contribution in [-0.2, 0) is 4.79 Å². The number of rotatable bonds is 4. The highest BCUT2D eigenvalue weighted by Crippen LogP contribution is 2.39. The minimum atomic E-state index is -0.588. The summed E-state index contributed by atoms with van der Waals surface area (Å²) in [6, 6.07) is 0. The molecule has 0 bridgehead atoms. The number of carbonyl (C=O) groups is 1. The molecule has 1 fully saturated rings. The highest BCUT2D eigenvalue weighted by Gasteiger charge is 2.42. The maximum absolute atomic E-state index is 11.6. The van der Waals surface area contributed by atoms with Crippen molar-refractivity contribution in [3.05, 3.63) is 0 Å². The van der Waals surface area contributed by atoms with Gasteiger partial charge in [-0.05, 0) is 32.6 Å². The van der Waals surface area contributed by atoms with Crippen LogP contribution in [0.1, 0.15) is 39.5 Å². The normalized spacial score (nSPS) is 19.9. The molecule has 0 radical (unpaired) electrons. The molecule has 1 aliphatic rings. The summed E-state index contributed by atoms with van der Waals surface area (Å²) in [4.78, 5) is 11.6. The van der Waals surface area contributed by atoms with Crippen LogP contribution in [0.2, 0.25) is 0 Å². The van der Waals surface area contributed by atoms with Crippen LogP contribution in [0.3, 0.4) is 0 Å². The van der Waals surface area contributed by atoms with Gasteiger partial charge in [-0.2, -0.15) is 0 Å². The van der Waals surface area contributed by atoms with Crippen LogP contribution in [0.4, 0.5) is 0 Å². The van der Waals surface area contributed by atoms with Gasteiger partial charge in [-0.15, -0.1) is 11.8 Å². The van der Waals surface area contributed by atoms with Crippen molar-refractivity contribution in [1.82, 2.24) is 0 Å².